The Balaban J connectivity index is 2.09. The Bertz CT molecular complexity index is 659. The average Bonchev–Trinajstić information content (AvgIpc) is 2.93. The molecule has 0 radical (unpaired) electrons. The quantitative estimate of drug-likeness (QED) is 0.913. The second kappa shape index (κ2) is 5.73. The molecular weight excluding hydrogens is 268 g/mol. The third-order valence-electron chi connectivity index (χ3n) is 3.85. The number of carbonyl (C=O) groups excluding carboxylic acids is 1. The van der Waals surface area contributed by atoms with Crippen molar-refractivity contribution in [2.75, 3.05) is 33.3 Å². The summed E-state index contributed by atoms with van der Waals surface area (Å²) < 4.78 is 7.20. The highest BCUT2D eigenvalue weighted by Crippen LogP contribution is 2.23. The molecule has 21 heavy (non-hydrogen) atoms. The van der Waals surface area contributed by atoms with E-state index in [0.29, 0.717) is 17.1 Å². The van der Waals surface area contributed by atoms with E-state index in [1.807, 2.05) is 34.6 Å². The summed E-state index contributed by atoms with van der Waals surface area (Å²) in [6.45, 7) is 5.17. The van der Waals surface area contributed by atoms with Gasteiger partial charge in [0.05, 0.1) is 12.8 Å². The number of fused-ring (bicyclic) bond motifs is 1. The van der Waals surface area contributed by atoms with Crippen molar-refractivity contribution in [1.29, 1.82) is 0 Å². The van der Waals surface area contributed by atoms with Gasteiger partial charge in [0.15, 0.2) is 11.4 Å². The molecule has 1 N–H and O–H groups in total. The molecule has 0 saturated carbocycles. The zero-order valence-electron chi connectivity index (χ0n) is 12.4. The van der Waals surface area contributed by atoms with Gasteiger partial charge in [-0.1, -0.05) is 6.92 Å². The molecule has 0 spiro atoms. The van der Waals surface area contributed by atoms with Gasteiger partial charge >= 0.3 is 0 Å². The number of piperazine rings is 1. The summed E-state index contributed by atoms with van der Waals surface area (Å²) in [4.78, 5) is 19.3. The maximum atomic E-state index is 12.9. The molecule has 6 nitrogen and oxygen atoms in total. The van der Waals surface area contributed by atoms with Crippen LogP contribution in [0, 0.1) is 0 Å². The highest BCUT2D eigenvalue weighted by molar-refractivity contribution is 5.95. The van der Waals surface area contributed by atoms with Crippen molar-refractivity contribution in [3.63, 3.8) is 0 Å². The van der Waals surface area contributed by atoms with Crippen LogP contribution in [0.3, 0.4) is 0 Å². The number of hydrogen-bond acceptors (Lipinski definition) is 4. The molecule has 0 atom stereocenters. The lowest BCUT2D eigenvalue weighted by atomic mass is 10.2. The number of carbonyl (C=O) groups is 1. The summed E-state index contributed by atoms with van der Waals surface area (Å²) in [5, 5.41) is 3.26. The van der Waals surface area contributed by atoms with Crippen molar-refractivity contribution >= 4 is 11.6 Å². The van der Waals surface area contributed by atoms with Gasteiger partial charge in [-0.25, -0.2) is 4.98 Å². The number of nitrogens with one attached hydrogen (secondary N) is 1. The molecule has 2 aromatic rings. The van der Waals surface area contributed by atoms with E-state index in [1.54, 1.807) is 7.11 Å². The highest BCUT2D eigenvalue weighted by Gasteiger charge is 2.25. The van der Waals surface area contributed by atoms with E-state index in [1.165, 1.54) is 0 Å². The van der Waals surface area contributed by atoms with Crippen LogP contribution in [0.4, 0.5) is 0 Å². The van der Waals surface area contributed by atoms with Gasteiger partial charge in [0, 0.05) is 32.4 Å². The molecule has 112 valence electrons. The second-order valence-electron chi connectivity index (χ2n) is 5.07. The maximum Gasteiger partial charge on any atom is 0.272 e. The molecule has 0 aromatic carbocycles. The fraction of sp³-hybridized carbons (Fsp3) is 0.467. The minimum absolute atomic E-state index is 0.0501. The predicted octanol–water partition coefficient (Wildman–Crippen LogP) is 0.951. The Kier molecular flexibility index (Phi) is 3.79. The predicted molar refractivity (Wildman–Crippen MR) is 79.9 cm³/mol. The standard InChI is InChI=1S/C15H20N4O2/c1-3-11-13(15(20)18-9-6-16-7-10-18)19-8-4-5-12(21-2)14(19)17-11/h4-5,8,16H,3,6-7,9-10H2,1-2H3. The fourth-order valence-corrected chi connectivity index (χ4v) is 2.74. The number of nitrogens with zero attached hydrogens (tertiary/aromatic N) is 3. The first kappa shape index (κ1) is 13.9. The molecule has 1 amide bonds. The molecule has 6 heteroatoms. The first-order valence-electron chi connectivity index (χ1n) is 7.30. The van der Waals surface area contributed by atoms with Gasteiger partial charge < -0.3 is 15.0 Å². The minimum Gasteiger partial charge on any atom is -0.493 e. The number of rotatable bonds is 3. The molecule has 3 heterocycles. The lowest BCUT2D eigenvalue weighted by Crippen LogP contribution is -2.46. The Morgan fingerprint density at radius 1 is 1.43 bits per heavy atom. The first-order valence-corrected chi connectivity index (χ1v) is 7.30. The van der Waals surface area contributed by atoms with E-state index in [9.17, 15) is 4.79 Å². The van der Waals surface area contributed by atoms with Crippen LogP contribution in [-0.4, -0.2) is 53.5 Å². The molecule has 0 aliphatic carbocycles. The number of pyridine rings is 1. The van der Waals surface area contributed by atoms with Crippen molar-refractivity contribution in [3.8, 4) is 5.75 Å². The lowest BCUT2D eigenvalue weighted by molar-refractivity contribution is 0.0727. The van der Waals surface area contributed by atoms with E-state index in [2.05, 4.69) is 10.3 Å². The topological polar surface area (TPSA) is 58.9 Å². The molecule has 1 aliphatic rings. The molecule has 3 rings (SSSR count). The number of methoxy groups -OCH3 is 1. The number of aryl methyl sites for hydroxylation is 1. The number of aromatic nitrogens is 2. The fourth-order valence-electron chi connectivity index (χ4n) is 2.74. The molecule has 0 unspecified atom stereocenters. The van der Waals surface area contributed by atoms with Crippen molar-refractivity contribution in [2.24, 2.45) is 0 Å². The van der Waals surface area contributed by atoms with Gasteiger partial charge in [-0.3, -0.25) is 9.20 Å². The van der Waals surface area contributed by atoms with Gasteiger partial charge in [0.1, 0.15) is 5.69 Å². The van der Waals surface area contributed by atoms with Crippen LogP contribution in [0.15, 0.2) is 18.3 Å². The minimum atomic E-state index is 0.0501. The Hall–Kier alpha value is -2.08. The summed E-state index contributed by atoms with van der Waals surface area (Å²) in [6, 6.07) is 3.74. The molecule has 2 aromatic heterocycles. The zero-order valence-corrected chi connectivity index (χ0v) is 12.4. The summed E-state index contributed by atoms with van der Waals surface area (Å²) in [6.07, 6.45) is 2.59. The summed E-state index contributed by atoms with van der Waals surface area (Å²) in [5.74, 6) is 0.737. The maximum absolute atomic E-state index is 12.9. The van der Waals surface area contributed by atoms with Gasteiger partial charge in [-0.05, 0) is 18.6 Å². The van der Waals surface area contributed by atoms with Crippen LogP contribution in [0.25, 0.3) is 5.65 Å². The highest BCUT2D eigenvalue weighted by atomic mass is 16.5. The Morgan fingerprint density at radius 2 is 2.19 bits per heavy atom. The smallest absolute Gasteiger partial charge is 0.272 e. The van der Waals surface area contributed by atoms with Gasteiger partial charge in [-0.15, -0.1) is 0 Å². The summed E-state index contributed by atoms with van der Waals surface area (Å²) >= 11 is 0. The number of amides is 1. The van der Waals surface area contributed by atoms with Crippen LogP contribution >= 0.6 is 0 Å². The average molecular weight is 288 g/mol. The normalized spacial score (nSPS) is 15.4. The van der Waals surface area contributed by atoms with Gasteiger partial charge in [-0.2, -0.15) is 0 Å². The third kappa shape index (κ3) is 2.35. The van der Waals surface area contributed by atoms with Gasteiger partial charge in [0.2, 0.25) is 0 Å². The third-order valence-corrected chi connectivity index (χ3v) is 3.85. The van der Waals surface area contributed by atoms with E-state index >= 15 is 0 Å². The molecule has 1 fully saturated rings. The van der Waals surface area contributed by atoms with Crippen LogP contribution in [-0.2, 0) is 6.42 Å². The van der Waals surface area contributed by atoms with E-state index in [4.69, 9.17) is 4.74 Å². The largest absolute Gasteiger partial charge is 0.493 e. The van der Waals surface area contributed by atoms with E-state index < -0.39 is 0 Å². The van der Waals surface area contributed by atoms with Crippen molar-refractivity contribution in [1.82, 2.24) is 19.6 Å². The zero-order chi connectivity index (χ0) is 14.8. The second-order valence-corrected chi connectivity index (χ2v) is 5.07. The monoisotopic (exact) mass is 288 g/mol. The van der Waals surface area contributed by atoms with Gasteiger partial charge in [0.25, 0.3) is 5.91 Å². The number of imidazole rings is 1. The van der Waals surface area contributed by atoms with Crippen LogP contribution in [0.1, 0.15) is 23.1 Å². The van der Waals surface area contributed by atoms with E-state index in [0.717, 1.165) is 38.3 Å². The summed E-state index contributed by atoms with van der Waals surface area (Å²) in [5.41, 5.74) is 2.19. The van der Waals surface area contributed by atoms with Crippen LogP contribution in [0.5, 0.6) is 5.75 Å². The first-order chi connectivity index (χ1) is 10.3. The van der Waals surface area contributed by atoms with E-state index in [-0.39, 0.29) is 5.91 Å². The molecule has 0 bridgehead atoms. The van der Waals surface area contributed by atoms with Crippen LogP contribution in [0.2, 0.25) is 0 Å². The number of ether oxygens (including phenoxy) is 1. The number of hydrogen-bond donors (Lipinski definition) is 1. The molecule has 1 saturated heterocycles. The lowest BCUT2D eigenvalue weighted by Gasteiger charge is -2.27. The Labute approximate surface area is 123 Å². The van der Waals surface area contributed by atoms with Crippen molar-refractivity contribution in [3.05, 3.63) is 29.7 Å². The molecular formula is C15H20N4O2. The molecule has 1 aliphatic heterocycles. The van der Waals surface area contributed by atoms with Crippen molar-refractivity contribution in [2.45, 2.75) is 13.3 Å². The van der Waals surface area contributed by atoms with Crippen LogP contribution < -0.4 is 10.1 Å². The Morgan fingerprint density at radius 3 is 2.86 bits per heavy atom. The van der Waals surface area contributed by atoms with Crippen molar-refractivity contribution < 1.29 is 9.53 Å². The summed E-state index contributed by atoms with van der Waals surface area (Å²) in [7, 11) is 1.62. The SMILES string of the molecule is CCc1nc2c(OC)cccn2c1C(=O)N1CCNCC1.